The van der Waals surface area contributed by atoms with Crippen LogP contribution in [0.15, 0.2) is 6.20 Å². The molecule has 0 aliphatic heterocycles. The Morgan fingerprint density at radius 3 is 2.78 bits per heavy atom. The molecule has 2 amide bonds. The molecule has 3 N–H and O–H groups in total. The topological polar surface area (TPSA) is 103 Å². The average Bonchev–Trinajstić information content (AvgIpc) is 2.71. The molecule has 18 heavy (non-hydrogen) atoms. The van der Waals surface area contributed by atoms with Crippen LogP contribution < -0.4 is 10.6 Å². The van der Waals surface area contributed by atoms with E-state index < -0.39 is 6.03 Å². The molecule has 98 valence electrons. The second-order valence-electron chi connectivity index (χ2n) is 4.26. The summed E-state index contributed by atoms with van der Waals surface area (Å²) in [6.07, 6.45) is 1.58. The van der Waals surface area contributed by atoms with Crippen molar-refractivity contribution < 1.29 is 9.90 Å². The van der Waals surface area contributed by atoms with Gasteiger partial charge in [-0.05, 0) is 20.8 Å². The molecule has 1 heterocycles. The van der Waals surface area contributed by atoms with Crippen molar-refractivity contribution >= 4 is 11.8 Å². The van der Waals surface area contributed by atoms with Crippen LogP contribution in [-0.4, -0.2) is 33.6 Å². The van der Waals surface area contributed by atoms with Gasteiger partial charge in [0, 0.05) is 12.2 Å². The zero-order valence-corrected chi connectivity index (χ0v) is 10.6. The molecule has 0 fully saturated rings. The lowest BCUT2D eigenvalue weighted by Gasteiger charge is -2.10. The minimum absolute atomic E-state index is 0.104. The van der Waals surface area contributed by atoms with Crippen LogP contribution in [0, 0.1) is 11.3 Å². The van der Waals surface area contributed by atoms with E-state index in [1.165, 1.54) is 0 Å². The van der Waals surface area contributed by atoms with Gasteiger partial charge in [-0.3, -0.25) is 10.00 Å². The van der Waals surface area contributed by atoms with E-state index in [1.807, 2.05) is 19.9 Å². The number of urea groups is 1. The van der Waals surface area contributed by atoms with Gasteiger partial charge in [-0.1, -0.05) is 0 Å². The highest BCUT2D eigenvalue weighted by atomic mass is 16.3. The molecule has 0 aliphatic rings. The number of aliphatic hydroxyl groups excluding tert-OH is 1. The Labute approximate surface area is 105 Å². The summed E-state index contributed by atoms with van der Waals surface area (Å²) in [6, 6.07) is 1.22. The van der Waals surface area contributed by atoms with Gasteiger partial charge in [-0.25, -0.2) is 4.79 Å². The summed E-state index contributed by atoms with van der Waals surface area (Å²) in [5.74, 6) is 0.217. The third kappa shape index (κ3) is 3.46. The summed E-state index contributed by atoms with van der Waals surface area (Å²) < 4.78 is 1.60. The lowest BCUT2D eigenvalue weighted by molar-refractivity contribution is 0.229. The third-order valence-electron chi connectivity index (χ3n) is 2.26. The monoisotopic (exact) mass is 251 g/mol. The molecule has 0 spiro atoms. The number of nitrogens with one attached hydrogen (secondary N) is 2. The Hall–Kier alpha value is -2.07. The van der Waals surface area contributed by atoms with Crippen molar-refractivity contribution in [3.8, 4) is 6.07 Å². The number of carbonyl (C=O) groups is 1. The van der Waals surface area contributed by atoms with Gasteiger partial charge in [-0.15, -0.1) is 0 Å². The minimum atomic E-state index is -0.498. The van der Waals surface area contributed by atoms with E-state index >= 15 is 0 Å². The fourth-order valence-electron chi connectivity index (χ4n) is 1.24. The summed E-state index contributed by atoms with van der Waals surface area (Å²) in [6.45, 7) is 5.36. The fourth-order valence-corrected chi connectivity index (χ4v) is 1.24. The first kappa shape index (κ1) is 14.0. The summed E-state index contributed by atoms with van der Waals surface area (Å²) in [7, 11) is 0. The molecule has 0 radical (unpaired) electrons. The van der Waals surface area contributed by atoms with Crippen molar-refractivity contribution in [3.05, 3.63) is 11.8 Å². The highest BCUT2D eigenvalue weighted by Gasteiger charge is 2.14. The lowest BCUT2D eigenvalue weighted by atomic mass is 10.3. The molecule has 0 bridgehead atoms. The van der Waals surface area contributed by atoms with Gasteiger partial charge in [-0.2, -0.15) is 10.4 Å². The molecule has 1 aromatic heterocycles. The lowest BCUT2D eigenvalue weighted by Crippen LogP contribution is -2.38. The molecule has 7 heteroatoms. The van der Waals surface area contributed by atoms with Crippen LogP contribution in [-0.2, 0) is 0 Å². The maximum absolute atomic E-state index is 11.5. The normalized spacial score (nSPS) is 12.0. The van der Waals surface area contributed by atoms with Gasteiger partial charge >= 0.3 is 6.03 Å². The SMILES string of the molecule is CC(C)n1cc(C#N)c(NC(=O)N[C@@H](C)CO)n1. The largest absolute Gasteiger partial charge is 0.394 e. The van der Waals surface area contributed by atoms with E-state index in [4.69, 9.17) is 10.4 Å². The zero-order valence-electron chi connectivity index (χ0n) is 10.6. The number of aromatic nitrogens is 2. The predicted octanol–water partition coefficient (Wildman–Crippen LogP) is 0.838. The minimum Gasteiger partial charge on any atom is -0.394 e. The number of nitriles is 1. The van der Waals surface area contributed by atoms with Gasteiger partial charge in [0.05, 0.1) is 12.6 Å². The highest BCUT2D eigenvalue weighted by Crippen LogP contribution is 2.14. The zero-order chi connectivity index (χ0) is 13.7. The average molecular weight is 251 g/mol. The first-order chi connectivity index (χ1) is 8.47. The molecule has 1 rings (SSSR count). The third-order valence-corrected chi connectivity index (χ3v) is 2.26. The Balaban J connectivity index is 2.78. The standard InChI is InChI=1S/C11H17N5O2/c1-7(2)16-5-9(4-12)10(15-16)14-11(18)13-8(3)6-17/h5,7-8,17H,6H2,1-3H3,(H2,13,14,15,18)/t8-/m0/s1. The quantitative estimate of drug-likeness (QED) is 0.737. The summed E-state index contributed by atoms with van der Waals surface area (Å²) in [5.41, 5.74) is 0.301. The maximum Gasteiger partial charge on any atom is 0.320 e. The Kier molecular flexibility index (Phi) is 4.68. The van der Waals surface area contributed by atoms with Crippen LogP contribution in [0.3, 0.4) is 0 Å². The fraction of sp³-hybridized carbons (Fsp3) is 0.545. The van der Waals surface area contributed by atoms with E-state index in [2.05, 4.69) is 15.7 Å². The van der Waals surface area contributed by atoms with Gasteiger partial charge < -0.3 is 10.4 Å². The summed E-state index contributed by atoms with van der Waals surface area (Å²) in [4.78, 5) is 11.5. The smallest absolute Gasteiger partial charge is 0.320 e. The van der Waals surface area contributed by atoms with E-state index in [0.29, 0.717) is 5.56 Å². The molecular weight excluding hydrogens is 234 g/mol. The number of hydrogen-bond donors (Lipinski definition) is 3. The summed E-state index contributed by atoms with van der Waals surface area (Å²) >= 11 is 0. The van der Waals surface area contributed by atoms with E-state index in [-0.39, 0.29) is 24.5 Å². The molecule has 1 aromatic rings. The first-order valence-corrected chi connectivity index (χ1v) is 5.65. The van der Waals surface area contributed by atoms with E-state index in [1.54, 1.807) is 17.8 Å². The van der Waals surface area contributed by atoms with Crippen molar-refractivity contribution in [1.29, 1.82) is 5.26 Å². The van der Waals surface area contributed by atoms with Crippen molar-refractivity contribution in [2.75, 3.05) is 11.9 Å². The summed E-state index contributed by atoms with van der Waals surface area (Å²) in [5, 5.41) is 26.9. The van der Waals surface area contributed by atoms with Crippen molar-refractivity contribution in [3.63, 3.8) is 0 Å². The van der Waals surface area contributed by atoms with Crippen molar-refractivity contribution in [2.24, 2.45) is 0 Å². The number of rotatable bonds is 4. The number of carbonyl (C=O) groups excluding carboxylic acids is 1. The molecular formula is C11H17N5O2. The number of anilines is 1. The maximum atomic E-state index is 11.5. The van der Waals surface area contributed by atoms with Crippen LogP contribution in [0.2, 0.25) is 0 Å². The molecule has 1 atom stereocenters. The molecule has 0 aromatic carbocycles. The van der Waals surface area contributed by atoms with E-state index in [0.717, 1.165) is 0 Å². The Morgan fingerprint density at radius 1 is 1.61 bits per heavy atom. The number of aliphatic hydroxyl groups is 1. The highest BCUT2D eigenvalue weighted by molar-refractivity contribution is 5.89. The van der Waals surface area contributed by atoms with E-state index in [9.17, 15) is 4.79 Å². The van der Waals surface area contributed by atoms with Crippen LogP contribution in [0.4, 0.5) is 10.6 Å². The molecule has 0 unspecified atom stereocenters. The first-order valence-electron chi connectivity index (χ1n) is 5.65. The van der Waals surface area contributed by atoms with Crippen LogP contribution >= 0.6 is 0 Å². The second kappa shape index (κ2) is 6.02. The predicted molar refractivity (Wildman–Crippen MR) is 66.0 cm³/mol. The number of amides is 2. The van der Waals surface area contributed by atoms with Crippen molar-refractivity contribution in [2.45, 2.75) is 32.9 Å². The van der Waals surface area contributed by atoms with Crippen molar-refractivity contribution in [1.82, 2.24) is 15.1 Å². The Bertz CT molecular complexity index is 460. The van der Waals surface area contributed by atoms with Crippen LogP contribution in [0.5, 0.6) is 0 Å². The van der Waals surface area contributed by atoms with Gasteiger partial charge in [0.1, 0.15) is 11.6 Å². The van der Waals surface area contributed by atoms with Gasteiger partial charge in [0.25, 0.3) is 0 Å². The molecule has 0 saturated carbocycles. The molecule has 0 aliphatic carbocycles. The van der Waals surface area contributed by atoms with Gasteiger partial charge in [0.15, 0.2) is 5.82 Å². The number of hydrogen-bond acceptors (Lipinski definition) is 4. The molecule has 7 nitrogen and oxygen atoms in total. The van der Waals surface area contributed by atoms with Crippen LogP contribution in [0.1, 0.15) is 32.4 Å². The molecule has 0 saturated heterocycles. The van der Waals surface area contributed by atoms with Crippen LogP contribution in [0.25, 0.3) is 0 Å². The van der Waals surface area contributed by atoms with Gasteiger partial charge in [0.2, 0.25) is 0 Å². The Morgan fingerprint density at radius 2 is 2.28 bits per heavy atom. The number of nitrogens with zero attached hydrogens (tertiary/aromatic N) is 3. The second-order valence-corrected chi connectivity index (χ2v) is 4.26.